The summed E-state index contributed by atoms with van der Waals surface area (Å²) < 4.78 is 0. The van der Waals surface area contributed by atoms with Crippen molar-refractivity contribution in [3.05, 3.63) is 11.8 Å². The molecule has 1 aliphatic carbocycles. The minimum absolute atomic E-state index is 0.600. The van der Waals surface area contributed by atoms with Gasteiger partial charge in [0.25, 0.3) is 0 Å². The molecule has 0 aromatic rings. The van der Waals surface area contributed by atoms with Crippen molar-refractivity contribution in [1.29, 1.82) is 0 Å². The number of hydrogen-bond donors (Lipinski definition) is 1. The Morgan fingerprint density at radius 2 is 2.12 bits per heavy atom. The van der Waals surface area contributed by atoms with Crippen LogP contribution in [-0.2, 0) is 0 Å². The molecule has 0 amide bonds. The predicted molar refractivity (Wildman–Crippen MR) is 35.6 cm³/mol. The Bertz CT molecular complexity index is 97.0. The Morgan fingerprint density at radius 3 is 2.50 bits per heavy atom. The smallest absolute Gasteiger partial charge is 0.0199 e. The second-order valence-corrected chi connectivity index (χ2v) is 2.62. The number of rotatable bonds is 2. The first kappa shape index (κ1) is 5.67. The molecule has 46 valence electrons. The molecule has 8 heavy (non-hydrogen) atoms. The molecule has 1 fully saturated rings. The van der Waals surface area contributed by atoms with Crippen LogP contribution in [0.25, 0.3) is 0 Å². The van der Waals surface area contributed by atoms with Crippen molar-refractivity contribution >= 4 is 0 Å². The molecule has 0 saturated heterocycles. The molecule has 0 aromatic carbocycles. The SMILES string of the molecule is CC(C)NC=C1CC1. The average molecular weight is 111 g/mol. The van der Waals surface area contributed by atoms with Crippen LogP contribution in [0.5, 0.6) is 0 Å². The van der Waals surface area contributed by atoms with E-state index in [0.717, 1.165) is 0 Å². The van der Waals surface area contributed by atoms with Gasteiger partial charge in [0.2, 0.25) is 0 Å². The van der Waals surface area contributed by atoms with Crippen LogP contribution >= 0.6 is 0 Å². The van der Waals surface area contributed by atoms with E-state index in [0.29, 0.717) is 6.04 Å². The summed E-state index contributed by atoms with van der Waals surface area (Å²) in [5, 5.41) is 3.25. The molecule has 1 heteroatoms. The van der Waals surface area contributed by atoms with Crippen LogP contribution in [0.15, 0.2) is 11.8 Å². The van der Waals surface area contributed by atoms with E-state index in [2.05, 4.69) is 25.4 Å². The van der Waals surface area contributed by atoms with E-state index in [4.69, 9.17) is 0 Å². The van der Waals surface area contributed by atoms with Crippen molar-refractivity contribution in [2.45, 2.75) is 32.7 Å². The largest absolute Gasteiger partial charge is 0.389 e. The molecule has 0 aliphatic heterocycles. The summed E-state index contributed by atoms with van der Waals surface area (Å²) in [6.07, 6.45) is 4.78. The summed E-state index contributed by atoms with van der Waals surface area (Å²) in [6.45, 7) is 4.30. The van der Waals surface area contributed by atoms with Gasteiger partial charge in [0.05, 0.1) is 0 Å². The third-order valence-electron chi connectivity index (χ3n) is 1.16. The van der Waals surface area contributed by atoms with Crippen molar-refractivity contribution in [3.8, 4) is 0 Å². The minimum atomic E-state index is 0.600. The van der Waals surface area contributed by atoms with E-state index >= 15 is 0 Å². The van der Waals surface area contributed by atoms with E-state index in [1.54, 1.807) is 5.57 Å². The summed E-state index contributed by atoms with van der Waals surface area (Å²) in [5.74, 6) is 0. The summed E-state index contributed by atoms with van der Waals surface area (Å²) in [6, 6.07) is 0.600. The van der Waals surface area contributed by atoms with E-state index in [-0.39, 0.29) is 0 Å². The Morgan fingerprint density at radius 1 is 1.50 bits per heavy atom. The highest BCUT2D eigenvalue weighted by Crippen LogP contribution is 2.26. The van der Waals surface area contributed by atoms with Gasteiger partial charge >= 0.3 is 0 Å². The van der Waals surface area contributed by atoms with Crippen molar-refractivity contribution in [1.82, 2.24) is 5.32 Å². The summed E-state index contributed by atoms with van der Waals surface area (Å²) in [5.41, 5.74) is 1.57. The first-order valence-corrected chi connectivity index (χ1v) is 3.23. The van der Waals surface area contributed by atoms with E-state index in [9.17, 15) is 0 Å². The summed E-state index contributed by atoms with van der Waals surface area (Å²) in [4.78, 5) is 0. The van der Waals surface area contributed by atoms with Crippen LogP contribution in [0, 0.1) is 0 Å². The lowest BCUT2D eigenvalue weighted by Crippen LogP contribution is -2.14. The molecule has 0 aromatic heterocycles. The minimum Gasteiger partial charge on any atom is -0.389 e. The van der Waals surface area contributed by atoms with Crippen molar-refractivity contribution < 1.29 is 0 Å². The molecule has 1 aliphatic rings. The standard InChI is InChI=1S/C7H13N/c1-6(2)8-5-7-3-4-7/h5-6,8H,3-4H2,1-2H3. The molecule has 0 atom stereocenters. The van der Waals surface area contributed by atoms with E-state index in [1.807, 2.05) is 0 Å². The second kappa shape index (κ2) is 2.21. The molecule has 0 bridgehead atoms. The third kappa shape index (κ3) is 2.01. The van der Waals surface area contributed by atoms with Crippen molar-refractivity contribution in [2.75, 3.05) is 0 Å². The lowest BCUT2D eigenvalue weighted by molar-refractivity contribution is 0.701. The van der Waals surface area contributed by atoms with Crippen molar-refractivity contribution in [2.24, 2.45) is 0 Å². The van der Waals surface area contributed by atoms with Crippen LogP contribution in [-0.4, -0.2) is 6.04 Å². The molecule has 1 saturated carbocycles. The molecule has 1 nitrogen and oxygen atoms in total. The highest BCUT2D eigenvalue weighted by Gasteiger charge is 2.09. The Kier molecular flexibility index (Phi) is 1.56. The lowest BCUT2D eigenvalue weighted by atomic mass is 10.4. The fourth-order valence-electron chi connectivity index (χ4n) is 0.501. The zero-order valence-electron chi connectivity index (χ0n) is 5.57. The highest BCUT2D eigenvalue weighted by molar-refractivity contribution is 5.15. The van der Waals surface area contributed by atoms with Gasteiger partial charge in [-0.3, -0.25) is 0 Å². The Labute approximate surface area is 50.8 Å². The fourth-order valence-corrected chi connectivity index (χ4v) is 0.501. The number of nitrogens with one attached hydrogen (secondary N) is 1. The van der Waals surface area contributed by atoms with Gasteiger partial charge in [-0.05, 0) is 32.9 Å². The predicted octanol–water partition coefficient (Wildman–Crippen LogP) is 1.66. The van der Waals surface area contributed by atoms with Gasteiger partial charge in [-0.1, -0.05) is 5.57 Å². The quantitative estimate of drug-likeness (QED) is 0.571. The first-order chi connectivity index (χ1) is 3.79. The van der Waals surface area contributed by atoms with Gasteiger partial charge in [-0.2, -0.15) is 0 Å². The second-order valence-electron chi connectivity index (χ2n) is 2.62. The molecule has 0 radical (unpaired) electrons. The van der Waals surface area contributed by atoms with Crippen LogP contribution in [0.1, 0.15) is 26.7 Å². The third-order valence-corrected chi connectivity index (χ3v) is 1.16. The fraction of sp³-hybridized carbons (Fsp3) is 0.714. The van der Waals surface area contributed by atoms with Gasteiger partial charge in [0, 0.05) is 6.04 Å². The first-order valence-electron chi connectivity index (χ1n) is 3.23. The molecule has 0 spiro atoms. The number of hydrogen-bond acceptors (Lipinski definition) is 1. The van der Waals surface area contributed by atoms with Gasteiger partial charge < -0.3 is 5.32 Å². The maximum atomic E-state index is 3.25. The van der Waals surface area contributed by atoms with Gasteiger partial charge in [0.15, 0.2) is 0 Å². The normalized spacial score (nSPS) is 16.6. The molecular formula is C7H13N. The zero-order chi connectivity index (χ0) is 5.98. The van der Waals surface area contributed by atoms with E-state index in [1.165, 1.54) is 12.8 Å². The number of allylic oxidation sites excluding steroid dienone is 1. The van der Waals surface area contributed by atoms with Gasteiger partial charge in [0.1, 0.15) is 0 Å². The van der Waals surface area contributed by atoms with Crippen LogP contribution in [0.3, 0.4) is 0 Å². The average Bonchev–Trinajstić information content (AvgIpc) is 2.41. The summed E-state index contributed by atoms with van der Waals surface area (Å²) >= 11 is 0. The van der Waals surface area contributed by atoms with Crippen LogP contribution in [0.4, 0.5) is 0 Å². The zero-order valence-corrected chi connectivity index (χ0v) is 5.57. The van der Waals surface area contributed by atoms with Gasteiger partial charge in [-0.15, -0.1) is 0 Å². The van der Waals surface area contributed by atoms with Crippen LogP contribution < -0.4 is 5.32 Å². The molecule has 1 rings (SSSR count). The lowest BCUT2D eigenvalue weighted by Gasteiger charge is -2.00. The maximum absolute atomic E-state index is 3.25. The molecule has 0 unspecified atom stereocenters. The molecule has 1 N–H and O–H groups in total. The topological polar surface area (TPSA) is 12.0 Å². The monoisotopic (exact) mass is 111 g/mol. The highest BCUT2D eigenvalue weighted by atomic mass is 14.9. The van der Waals surface area contributed by atoms with E-state index < -0.39 is 0 Å². The van der Waals surface area contributed by atoms with Crippen molar-refractivity contribution in [3.63, 3.8) is 0 Å². The Balaban J connectivity index is 2.11. The molecule has 0 heterocycles. The van der Waals surface area contributed by atoms with Gasteiger partial charge in [-0.25, -0.2) is 0 Å². The Hall–Kier alpha value is -0.460. The molecular weight excluding hydrogens is 98.1 g/mol. The summed E-state index contributed by atoms with van der Waals surface area (Å²) in [7, 11) is 0. The maximum Gasteiger partial charge on any atom is 0.0199 e. The van der Waals surface area contributed by atoms with Crippen LogP contribution in [0.2, 0.25) is 0 Å².